The molecule has 4 heteroatoms. The standard InChI is InChI=1S/C18H31N3O/c1-4-20(5-2)14-16-10-12-21(13-11-16)15-17-8-7-9-18(19-17)22-6-3/h7-9,16H,4-6,10-15H2,1-3H3. The van der Waals surface area contributed by atoms with Crippen LogP contribution in [0.3, 0.4) is 0 Å². The largest absolute Gasteiger partial charge is 0.478 e. The zero-order chi connectivity index (χ0) is 15.8. The quantitative estimate of drug-likeness (QED) is 0.738. The topological polar surface area (TPSA) is 28.6 Å². The minimum Gasteiger partial charge on any atom is -0.478 e. The minimum atomic E-state index is 0.674. The summed E-state index contributed by atoms with van der Waals surface area (Å²) in [6.45, 7) is 14.1. The molecule has 0 spiro atoms. The normalized spacial score (nSPS) is 17.1. The number of hydrogen-bond donors (Lipinski definition) is 0. The molecule has 1 aromatic rings. The zero-order valence-corrected chi connectivity index (χ0v) is 14.4. The van der Waals surface area contributed by atoms with Gasteiger partial charge in [0.1, 0.15) is 0 Å². The summed E-state index contributed by atoms with van der Waals surface area (Å²) in [6.07, 6.45) is 2.61. The number of hydrogen-bond acceptors (Lipinski definition) is 4. The molecular weight excluding hydrogens is 274 g/mol. The van der Waals surface area contributed by atoms with Crippen LogP contribution in [0.5, 0.6) is 5.88 Å². The molecule has 0 aromatic carbocycles. The molecule has 4 nitrogen and oxygen atoms in total. The molecule has 0 radical (unpaired) electrons. The summed E-state index contributed by atoms with van der Waals surface area (Å²) in [5, 5.41) is 0. The van der Waals surface area contributed by atoms with Crippen LogP contribution in [0, 0.1) is 5.92 Å². The number of piperidine rings is 1. The van der Waals surface area contributed by atoms with Crippen molar-refractivity contribution >= 4 is 0 Å². The fraction of sp³-hybridized carbons (Fsp3) is 0.722. The number of rotatable bonds is 8. The van der Waals surface area contributed by atoms with Gasteiger partial charge in [0, 0.05) is 19.2 Å². The Morgan fingerprint density at radius 3 is 2.55 bits per heavy atom. The molecule has 22 heavy (non-hydrogen) atoms. The first-order valence-corrected chi connectivity index (χ1v) is 8.78. The second-order valence-corrected chi connectivity index (χ2v) is 6.11. The van der Waals surface area contributed by atoms with Crippen LogP contribution in [0.2, 0.25) is 0 Å². The highest BCUT2D eigenvalue weighted by Crippen LogP contribution is 2.20. The Morgan fingerprint density at radius 1 is 1.18 bits per heavy atom. The van der Waals surface area contributed by atoms with E-state index in [0.717, 1.165) is 24.0 Å². The van der Waals surface area contributed by atoms with Crippen LogP contribution in [0.15, 0.2) is 18.2 Å². The highest BCUT2D eigenvalue weighted by atomic mass is 16.5. The molecule has 0 unspecified atom stereocenters. The summed E-state index contributed by atoms with van der Waals surface area (Å²) < 4.78 is 5.49. The van der Waals surface area contributed by atoms with Gasteiger partial charge in [-0.25, -0.2) is 4.98 Å². The van der Waals surface area contributed by atoms with Crippen LogP contribution in [0.4, 0.5) is 0 Å². The Kier molecular flexibility index (Phi) is 7.13. The summed E-state index contributed by atoms with van der Waals surface area (Å²) in [5.74, 6) is 1.61. The molecule has 1 aliphatic heterocycles. The van der Waals surface area contributed by atoms with E-state index in [1.165, 1.54) is 45.6 Å². The van der Waals surface area contributed by atoms with Gasteiger partial charge in [0.15, 0.2) is 0 Å². The fourth-order valence-electron chi connectivity index (χ4n) is 3.18. The molecule has 1 fully saturated rings. The molecule has 0 atom stereocenters. The maximum absolute atomic E-state index is 5.49. The first-order chi connectivity index (χ1) is 10.7. The summed E-state index contributed by atoms with van der Waals surface area (Å²) in [4.78, 5) is 9.65. The molecule has 2 heterocycles. The van der Waals surface area contributed by atoms with Gasteiger partial charge in [-0.15, -0.1) is 0 Å². The molecular formula is C18H31N3O. The van der Waals surface area contributed by atoms with Gasteiger partial charge in [-0.05, 0) is 57.9 Å². The maximum Gasteiger partial charge on any atom is 0.213 e. The molecule has 2 rings (SSSR count). The van der Waals surface area contributed by atoms with Crippen molar-refractivity contribution in [1.29, 1.82) is 0 Å². The Balaban J connectivity index is 1.78. The van der Waals surface area contributed by atoms with Gasteiger partial charge in [-0.2, -0.15) is 0 Å². The summed E-state index contributed by atoms with van der Waals surface area (Å²) in [7, 11) is 0. The molecule has 0 bridgehead atoms. The first kappa shape index (κ1) is 17.2. The zero-order valence-electron chi connectivity index (χ0n) is 14.4. The van der Waals surface area contributed by atoms with Crippen molar-refractivity contribution in [2.45, 2.75) is 40.2 Å². The SMILES string of the molecule is CCOc1cccc(CN2CCC(CN(CC)CC)CC2)n1. The molecule has 124 valence electrons. The Bertz CT molecular complexity index is 426. The van der Waals surface area contributed by atoms with Crippen LogP contribution in [-0.2, 0) is 6.54 Å². The van der Waals surface area contributed by atoms with Gasteiger partial charge in [0.25, 0.3) is 0 Å². The van der Waals surface area contributed by atoms with Crippen molar-refractivity contribution in [3.05, 3.63) is 23.9 Å². The predicted octanol–water partition coefficient (Wildman–Crippen LogP) is 3.03. The highest BCUT2D eigenvalue weighted by molar-refractivity contribution is 5.15. The van der Waals surface area contributed by atoms with Gasteiger partial charge < -0.3 is 9.64 Å². The molecule has 0 N–H and O–H groups in total. The third kappa shape index (κ3) is 5.25. The minimum absolute atomic E-state index is 0.674. The van der Waals surface area contributed by atoms with E-state index in [4.69, 9.17) is 4.74 Å². The smallest absolute Gasteiger partial charge is 0.213 e. The average molecular weight is 305 g/mol. The Hall–Kier alpha value is -1.13. The summed E-state index contributed by atoms with van der Waals surface area (Å²) >= 11 is 0. The van der Waals surface area contributed by atoms with Crippen LogP contribution in [0.25, 0.3) is 0 Å². The number of likely N-dealkylation sites (tertiary alicyclic amines) is 1. The monoisotopic (exact) mass is 305 g/mol. The molecule has 0 amide bonds. The van der Waals surface area contributed by atoms with Gasteiger partial charge >= 0.3 is 0 Å². The lowest BCUT2D eigenvalue weighted by Crippen LogP contribution is -2.38. The predicted molar refractivity (Wildman–Crippen MR) is 91.2 cm³/mol. The van der Waals surface area contributed by atoms with Crippen molar-refractivity contribution in [1.82, 2.24) is 14.8 Å². The van der Waals surface area contributed by atoms with Crippen LogP contribution >= 0.6 is 0 Å². The van der Waals surface area contributed by atoms with E-state index in [1.54, 1.807) is 0 Å². The lowest BCUT2D eigenvalue weighted by Gasteiger charge is -2.34. The van der Waals surface area contributed by atoms with E-state index in [2.05, 4.69) is 34.7 Å². The van der Waals surface area contributed by atoms with Gasteiger partial charge in [0.2, 0.25) is 5.88 Å². The van der Waals surface area contributed by atoms with Crippen molar-refractivity contribution in [3.8, 4) is 5.88 Å². The van der Waals surface area contributed by atoms with Crippen molar-refractivity contribution in [2.24, 2.45) is 5.92 Å². The average Bonchev–Trinajstić information content (AvgIpc) is 2.55. The molecule has 0 saturated carbocycles. The van der Waals surface area contributed by atoms with E-state index in [-0.39, 0.29) is 0 Å². The Morgan fingerprint density at radius 2 is 1.91 bits per heavy atom. The lowest BCUT2D eigenvalue weighted by molar-refractivity contribution is 0.142. The second-order valence-electron chi connectivity index (χ2n) is 6.11. The van der Waals surface area contributed by atoms with Crippen molar-refractivity contribution < 1.29 is 4.74 Å². The van der Waals surface area contributed by atoms with Crippen molar-refractivity contribution in [3.63, 3.8) is 0 Å². The van der Waals surface area contributed by atoms with E-state index in [1.807, 2.05) is 19.1 Å². The highest BCUT2D eigenvalue weighted by Gasteiger charge is 2.21. The fourth-order valence-corrected chi connectivity index (χ4v) is 3.18. The Labute approximate surface area is 135 Å². The van der Waals surface area contributed by atoms with E-state index in [0.29, 0.717) is 6.61 Å². The summed E-state index contributed by atoms with van der Waals surface area (Å²) in [6, 6.07) is 6.08. The third-order valence-corrected chi connectivity index (χ3v) is 4.58. The third-order valence-electron chi connectivity index (χ3n) is 4.58. The lowest BCUT2D eigenvalue weighted by atomic mass is 9.96. The number of nitrogens with zero attached hydrogens (tertiary/aromatic N) is 3. The number of aromatic nitrogens is 1. The second kappa shape index (κ2) is 9.11. The van der Waals surface area contributed by atoms with Crippen LogP contribution < -0.4 is 4.74 Å². The molecule has 1 aromatic heterocycles. The van der Waals surface area contributed by atoms with Crippen LogP contribution in [0.1, 0.15) is 39.3 Å². The molecule has 1 saturated heterocycles. The van der Waals surface area contributed by atoms with E-state index >= 15 is 0 Å². The van der Waals surface area contributed by atoms with E-state index in [9.17, 15) is 0 Å². The molecule has 1 aliphatic rings. The number of ether oxygens (including phenoxy) is 1. The molecule has 0 aliphatic carbocycles. The van der Waals surface area contributed by atoms with Gasteiger partial charge in [-0.1, -0.05) is 19.9 Å². The van der Waals surface area contributed by atoms with Gasteiger partial charge in [0.05, 0.1) is 12.3 Å². The van der Waals surface area contributed by atoms with Crippen molar-refractivity contribution in [2.75, 3.05) is 39.3 Å². The first-order valence-electron chi connectivity index (χ1n) is 8.78. The number of pyridine rings is 1. The summed E-state index contributed by atoms with van der Waals surface area (Å²) in [5.41, 5.74) is 1.12. The van der Waals surface area contributed by atoms with E-state index < -0.39 is 0 Å². The maximum atomic E-state index is 5.49. The van der Waals surface area contributed by atoms with Gasteiger partial charge in [-0.3, -0.25) is 4.90 Å². The van der Waals surface area contributed by atoms with Crippen LogP contribution in [-0.4, -0.2) is 54.1 Å².